The Morgan fingerprint density at radius 2 is 0.543 bits per heavy atom. The first-order valence-corrected chi connectivity index (χ1v) is 19.0. The second-order valence-corrected chi connectivity index (χ2v) is 17.3. The molecule has 0 aromatic rings. The van der Waals surface area contributed by atoms with E-state index in [0.29, 0.717) is 0 Å². The van der Waals surface area contributed by atoms with E-state index in [1.807, 2.05) is 0 Å². The van der Waals surface area contributed by atoms with Crippen molar-refractivity contribution in [1.29, 1.82) is 0 Å². The van der Waals surface area contributed by atoms with Gasteiger partial charge in [-0.3, -0.25) is 0 Å². The van der Waals surface area contributed by atoms with E-state index in [2.05, 4.69) is 41.5 Å². The third kappa shape index (κ3) is 27.0. The van der Waals surface area contributed by atoms with Gasteiger partial charge in [-0.15, -0.1) is 0 Å². The van der Waals surface area contributed by atoms with Gasteiger partial charge in [-0.2, -0.15) is 0 Å². The van der Waals surface area contributed by atoms with Crippen LogP contribution in [0.25, 0.3) is 0 Å². The van der Waals surface area contributed by atoms with Crippen LogP contribution in [0.3, 0.4) is 0 Å². The Labute approximate surface area is 225 Å². The molecule has 0 saturated heterocycles. The molecule has 0 fully saturated rings. The molecule has 0 aliphatic carbocycles. The van der Waals surface area contributed by atoms with Crippen molar-refractivity contribution in [3.8, 4) is 0 Å². The third-order valence-electron chi connectivity index (χ3n) is 8.02. The summed E-state index contributed by atoms with van der Waals surface area (Å²) in [5.41, 5.74) is 0. The van der Waals surface area contributed by atoms with Gasteiger partial charge in [-0.1, -0.05) is 176 Å². The Kier molecular flexibility index (Phi) is 24.6. The van der Waals surface area contributed by atoms with Crippen LogP contribution in [-0.2, 0) is 0 Å². The van der Waals surface area contributed by atoms with Crippen LogP contribution in [0.1, 0.15) is 176 Å². The van der Waals surface area contributed by atoms with E-state index >= 15 is 0 Å². The average molecular weight is 511 g/mol. The third-order valence-corrected chi connectivity index (χ3v) is 11.9. The van der Waals surface area contributed by atoms with Crippen LogP contribution in [0.2, 0.25) is 18.1 Å². The zero-order valence-electron chi connectivity index (χ0n) is 25.6. The molecular weight excluding hydrogens is 440 g/mol. The second-order valence-electron chi connectivity index (χ2n) is 13.4. The van der Waals surface area contributed by atoms with Crippen molar-refractivity contribution >= 4 is 8.32 Å². The highest BCUT2D eigenvalue weighted by Crippen LogP contribution is 2.28. The van der Waals surface area contributed by atoms with Crippen LogP contribution < -0.4 is 0 Å². The summed E-state index contributed by atoms with van der Waals surface area (Å²) in [6.45, 7) is 14.0. The normalized spacial score (nSPS) is 12.5. The smallest absolute Gasteiger partial charge is 0.188 e. The molecule has 212 valence electrons. The minimum absolute atomic E-state index is 0.857. The minimum atomic E-state index is -2.02. The maximum absolute atomic E-state index is 11.7. The molecule has 35 heavy (non-hydrogen) atoms. The van der Waals surface area contributed by atoms with E-state index in [1.165, 1.54) is 153 Å². The molecule has 0 bridgehead atoms. The monoisotopic (exact) mass is 511 g/mol. The Morgan fingerprint density at radius 3 is 0.771 bits per heavy atom. The fourth-order valence-electron chi connectivity index (χ4n) is 5.52. The van der Waals surface area contributed by atoms with Crippen molar-refractivity contribution in [2.75, 3.05) is 0 Å². The summed E-state index contributed by atoms with van der Waals surface area (Å²) < 4.78 is 0. The quantitative estimate of drug-likeness (QED) is 0.0860. The van der Waals surface area contributed by atoms with Gasteiger partial charge in [0.25, 0.3) is 0 Å². The van der Waals surface area contributed by atoms with Crippen LogP contribution in [0.5, 0.6) is 0 Å². The first kappa shape index (κ1) is 35.2. The number of rotatable bonds is 27. The van der Waals surface area contributed by atoms with E-state index in [1.54, 1.807) is 0 Å². The molecule has 2 heteroatoms. The lowest BCUT2D eigenvalue weighted by Gasteiger charge is -2.25. The molecule has 1 N–H and O–H groups in total. The summed E-state index contributed by atoms with van der Waals surface area (Å²) >= 11 is 0. The molecule has 0 unspecified atom stereocenters. The van der Waals surface area contributed by atoms with Gasteiger partial charge in [0, 0.05) is 0 Å². The van der Waals surface area contributed by atoms with Crippen molar-refractivity contribution in [2.45, 2.75) is 195 Å². The summed E-state index contributed by atoms with van der Waals surface area (Å²) in [6, 6.07) is 3.55. The summed E-state index contributed by atoms with van der Waals surface area (Å²) in [5, 5.41) is 0. The highest BCUT2D eigenvalue weighted by Gasteiger charge is 2.29. The van der Waals surface area contributed by atoms with Crippen molar-refractivity contribution in [1.82, 2.24) is 0 Å². The lowest BCUT2D eigenvalue weighted by Crippen LogP contribution is -2.34. The highest BCUT2D eigenvalue weighted by molar-refractivity contribution is 6.72. The molecule has 0 atom stereocenters. The molecule has 0 aromatic heterocycles. The van der Waals surface area contributed by atoms with E-state index < -0.39 is 8.32 Å². The van der Waals surface area contributed by atoms with Crippen molar-refractivity contribution in [2.24, 2.45) is 17.8 Å². The van der Waals surface area contributed by atoms with Gasteiger partial charge in [-0.25, -0.2) is 0 Å². The fourth-order valence-corrected chi connectivity index (χ4v) is 8.99. The molecule has 0 spiro atoms. The van der Waals surface area contributed by atoms with E-state index in [4.69, 9.17) is 0 Å². The first-order valence-electron chi connectivity index (χ1n) is 16.5. The second kappa shape index (κ2) is 24.5. The van der Waals surface area contributed by atoms with Gasteiger partial charge >= 0.3 is 0 Å². The zero-order chi connectivity index (χ0) is 26.2. The average Bonchev–Trinajstić information content (AvgIpc) is 2.78. The summed E-state index contributed by atoms with van der Waals surface area (Å²) in [4.78, 5) is 11.7. The Morgan fingerprint density at radius 1 is 0.343 bits per heavy atom. The van der Waals surface area contributed by atoms with Gasteiger partial charge in [0.05, 0.1) is 0 Å². The molecule has 0 rings (SSSR count). The van der Waals surface area contributed by atoms with E-state index in [-0.39, 0.29) is 0 Å². The standard InChI is InChI=1S/C33H70OSi/c1-31(2)25-19-13-7-10-16-22-28-35(34,29-23-17-11-8-14-20-26-32(3)4)30-24-18-12-9-15-21-27-33(5)6/h31-34H,7-30H2,1-6H3. The largest absolute Gasteiger partial charge is 0.432 e. The van der Waals surface area contributed by atoms with Gasteiger partial charge < -0.3 is 4.80 Å². The molecular formula is C33H70OSi. The fraction of sp³-hybridized carbons (Fsp3) is 1.00. The Balaban J connectivity index is 4.11. The predicted molar refractivity (Wildman–Crippen MR) is 164 cm³/mol. The molecule has 0 aliphatic rings. The first-order chi connectivity index (χ1) is 16.7. The Bertz CT molecular complexity index is 358. The molecule has 0 radical (unpaired) electrons. The van der Waals surface area contributed by atoms with E-state index in [0.717, 1.165) is 17.8 Å². The van der Waals surface area contributed by atoms with Crippen LogP contribution in [0.15, 0.2) is 0 Å². The van der Waals surface area contributed by atoms with Crippen LogP contribution in [0, 0.1) is 17.8 Å². The summed E-state index contributed by atoms with van der Waals surface area (Å²) in [5.74, 6) is 2.57. The molecule has 0 aliphatic heterocycles. The SMILES string of the molecule is CC(C)CCCCCCCC[Si](O)(CCCCCCCCC(C)C)CCCCCCCCC(C)C. The summed E-state index contributed by atoms with van der Waals surface area (Å²) in [6.07, 6.45) is 28.9. The topological polar surface area (TPSA) is 20.2 Å². The van der Waals surface area contributed by atoms with Crippen LogP contribution in [0.4, 0.5) is 0 Å². The highest BCUT2D eigenvalue weighted by atomic mass is 28.4. The molecule has 0 heterocycles. The molecule has 0 amide bonds. The molecule has 0 aromatic carbocycles. The van der Waals surface area contributed by atoms with Gasteiger partial charge in [0.1, 0.15) is 0 Å². The van der Waals surface area contributed by atoms with Gasteiger partial charge in [0.2, 0.25) is 0 Å². The number of hydrogen-bond acceptors (Lipinski definition) is 1. The van der Waals surface area contributed by atoms with Crippen molar-refractivity contribution in [3.05, 3.63) is 0 Å². The van der Waals surface area contributed by atoms with Crippen molar-refractivity contribution < 1.29 is 4.80 Å². The maximum Gasteiger partial charge on any atom is 0.188 e. The predicted octanol–water partition coefficient (Wildman–Crippen LogP) is 12.1. The van der Waals surface area contributed by atoms with Gasteiger partial charge in [0.15, 0.2) is 8.32 Å². The maximum atomic E-state index is 11.7. The summed E-state index contributed by atoms with van der Waals surface area (Å²) in [7, 11) is -2.02. The van der Waals surface area contributed by atoms with Gasteiger partial charge in [-0.05, 0) is 35.9 Å². The number of hydrogen-bond donors (Lipinski definition) is 1. The molecule has 0 saturated carbocycles. The van der Waals surface area contributed by atoms with E-state index in [9.17, 15) is 4.80 Å². The zero-order valence-corrected chi connectivity index (χ0v) is 26.6. The van der Waals surface area contributed by atoms with Crippen LogP contribution in [-0.4, -0.2) is 13.1 Å². The number of unbranched alkanes of at least 4 members (excludes halogenated alkanes) is 15. The Hall–Kier alpha value is 0.177. The lowest BCUT2D eigenvalue weighted by molar-refractivity contribution is 0.484. The molecule has 1 nitrogen and oxygen atoms in total. The minimum Gasteiger partial charge on any atom is -0.432 e. The van der Waals surface area contributed by atoms with Crippen LogP contribution >= 0.6 is 0 Å². The lowest BCUT2D eigenvalue weighted by atomic mass is 10.0. The van der Waals surface area contributed by atoms with Crippen molar-refractivity contribution in [3.63, 3.8) is 0 Å².